The van der Waals surface area contributed by atoms with E-state index in [0.29, 0.717) is 0 Å². The standard InChI is InChI=1S/C12H12F3NO2/c1-8(9-5-3-2-4-6-9)16-11(18)7-10(17)12(13,14)15/h2-6,8H,7H2,1H3,(H,16,18)/t8-/m0/s1. The van der Waals surface area contributed by atoms with E-state index in [4.69, 9.17) is 0 Å². The van der Waals surface area contributed by atoms with Gasteiger partial charge in [0.25, 0.3) is 0 Å². The maximum atomic E-state index is 11.9. The molecule has 98 valence electrons. The number of ketones is 1. The third-order valence-corrected chi connectivity index (χ3v) is 2.31. The summed E-state index contributed by atoms with van der Waals surface area (Å²) in [5.41, 5.74) is 0.755. The van der Waals surface area contributed by atoms with Gasteiger partial charge in [0.15, 0.2) is 0 Å². The van der Waals surface area contributed by atoms with Gasteiger partial charge >= 0.3 is 6.18 Å². The second kappa shape index (κ2) is 5.66. The Morgan fingerprint density at radius 2 is 1.78 bits per heavy atom. The fraction of sp³-hybridized carbons (Fsp3) is 0.333. The molecule has 1 N–H and O–H groups in total. The van der Waals surface area contributed by atoms with Crippen molar-refractivity contribution in [2.75, 3.05) is 0 Å². The second-order valence-corrected chi connectivity index (χ2v) is 3.80. The van der Waals surface area contributed by atoms with Gasteiger partial charge in [-0.25, -0.2) is 0 Å². The summed E-state index contributed by atoms with van der Waals surface area (Å²) in [5, 5.41) is 2.34. The van der Waals surface area contributed by atoms with Crippen LogP contribution >= 0.6 is 0 Å². The number of hydrogen-bond acceptors (Lipinski definition) is 2. The van der Waals surface area contributed by atoms with Crippen molar-refractivity contribution in [3.05, 3.63) is 35.9 Å². The number of benzene rings is 1. The first-order chi connectivity index (χ1) is 8.30. The van der Waals surface area contributed by atoms with Crippen LogP contribution in [-0.2, 0) is 9.59 Å². The predicted octanol–water partition coefficient (Wildman–Crippen LogP) is 2.39. The van der Waals surface area contributed by atoms with Crippen molar-refractivity contribution in [3.8, 4) is 0 Å². The molecule has 3 nitrogen and oxygen atoms in total. The van der Waals surface area contributed by atoms with Gasteiger partial charge in [-0.15, -0.1) is 0 Å². The first kappa shape index (κ1) is 14.2. The van der Waals surface area contributed by atoms with E-state index in [2.05, 4.69) is 5.32 Å². The number of hydrogen-bond donors (Lipinski definition) is 1. The van der Waals surface area contributed by atoms with Crippen LogP contribution in [0.4, 0.5) is 13.2 Å². The molecule has 0 aliphatic heterocycles. The molecule has 0 bridgehead atoms. The van der Waals surface area contributed by atoms with E-state index in [9.17, 15) is 22.8 Å². The summed E-state index contributed by atoms with van der Waals surface area (Å²) in [4.78, 5) is 21.9. The maximum Gasteiger partial charge on any atom is 0.450 e. The Labute approximate surface area is 102 Å². The van der Waals surface area contributed by atoms with Crippen LogP contribution in [0, 0.1) is 0 Å². The van der Waals surface area contributed by atoms with Gasteiger partial charge in [0, 0.05) is 0 Å². The Bertz CT molecular complexity index is 429. The quantitative estimate of drug-likeness (QED) is 0.844. The van der Waals surface area contributed by atoms with Crippen LogP contribution in [0.2, 0.25) is 0 Å². The molecule has 18 heavy (non-hydrogen) atoms. The summed E-state index contributed by atoms with van der Waals surface area (Å²) in [6.07, 6.45) is -6.14. The van der Waals surface area contributed by atoms with Crippen molar-refractivity contribution < 1.29 is 22.8 Å². The number of carbonyl (C=O) groups is 2. The number of amides is 1. The third-order valence-electron chi connectivity index (χ3n) is 2.31. The smallest absolute Gasteiger partial charge is 0.349 e. The number of Topliss-reactive ketones (excluding diaryl/α,β-unsaturated/α-hetero) is 1. The Kier molecular flexibility index (Phi) is 4.47. The predicted molar refractivity (Wildman–Crippen MR) is 58.7 cm³/mol. The van der Waals surface area contributed by atoms with Crippen LogP contribution in [0.1, 0.15) is 24.9 Å². The van der Waals surface area contributed by atoms with Crippen LogP contribution in [0.25, 0.3) is 0 Å². The summed E-state index contributed by atoms with van der Waals surface area (Å²) in [6.45, 7) is 1.63. The van der Waals surface area contributed by atoms with Crippen LogP contribution in [0.5, 0.6) is 0 Å². The molecule has 0 spiro atoms. The molecule has 0 unspecified atom stereocenters. The number of carbonyl (C=O) groups excluding carboxylic acids is 2. The van der Waals surface area contributed by atoms with Gasteiger partial charge in [-0.1, -0.05) is 30.3 Å². The third kappa shape index (κ3) is 4.20. The SMILES string of the molecule is C[C@H](NC(=O)CC(=O)C(F)(F)F)c1ccccc1. The lowest BCUT2D eigenvalue weighted by atomic mass is 10.1. The van der Waals surface area contributed by atoms with Gasteiger partial charge in [0.05, 0.1) is 12.5 Å². The van der Waals surface area contributed by atoms with E-state index < -0.39 is 30.3 Å². The van der Waals surface area contributed by atoms with Crippen molar-refractivity contribution in [1.29, 1.82) is 0 Å². The van der Waals surface area contributed by atoms with Crippen molar-refractivity contribution in [1.82, 2.24) is 5.32 Å². The molecule has 0 radical (unpaired) electrons. The van der Waals surface area contributed by atoms with Gasteiger partial charge < -0.3 is 5.32 Å². The molecule has 0 saturated heterocycles. The zero-order valence-electron chi connectivity index (χ0n) is 9.62. The average Bonchev–Trinajstić information content (AvgIpc) is 2.28. The molecule has 0 aliphatic rings. The first-order valence-electron chi connectivity index (χ1n) is 5.25. The zero-order chi connectivity index (χ0) is 13.8. The highest BCUT2D eigenvalue weighted by Gasteiger charge is 2.39. The molecule has 0 heterocycles. The lowest BCUT2D eigenvalue weighted by Crippen LogP contribution is -2.33. The van der Waals surface area contributed by atoms with E-state index in [-0.39, 0.29) is 0 Å². The Balaban J connectivity index is 2.54. The molecule has 0 aromatic heterocycles. The molecule has 1 aromatic carbocycles. The number of nitrogens with one attached hydrogen (secondary N) is 1. The highest BCUT2D eigenvalue weighted by Crippen LogP contribution is 2.18. The summed E-state index contributed by atoms with van der Waals surface area (Å²) in [7, 11) is 0. The van der Waals surface area contributed by atoms with Crippen molar-refractivity contribution in [3.63, 3.8) is 0 Å². The highest BCUT2D eigenvalue weighted by molar-refractivity contribution is 6.00. The van der Waals surface area contributed by atoms with Crippen molar-refractivity contribution >= 4 is 11.7 Å². The van der Waals surface area contributed by atoms with Gasteiger partial charge in [0.1, 0.15) is 0 Å². The zero-order valence-corrected chi connectivity index (χ0v) is 9.62. The average molecular weight is 259 g/mol. The summed E-state index contributed by atoms with van der Waals surface area (Å²) in [5.74, 6) is -2.98. The lowest BCUT2D eigenvalue weighted by Gasteiger charge is -2.14. The summed E-state index contributed by atoms with van der Waals surface area (Å²) >= 11 is 0. The lowest BCUT2D eigenvalue weighted by molar-refractivity contribution is -0.172. The molecule has 1 aromatic rings. The molecule has 1 atom stereocenters. The first-order valence-corrected chi connectivity index (χ1v) is 5.25. The minimum absolute atomic E-state index is 0.445. The van der Waals surface area contributed by atoms with Gasteiger partial charge in [-0.05, 0) is 12.5 Å². The van der Waals surface area contributed by atoms with E-state index in [0.717, 1.165) is 5.56 Å². The summed E-state index contributed by atoms with van der Waals surface area (Å²) in [6, 6.07) is 8.30. The molecule has 6 heteroatoms. The number of alkyl halides is 3. The molecule has 0 fully saturated rings. The van der Waals surface area contributed by atoms with Crippen molar-refractivity contribution in [2.45, 2.75) is 25.6 Å². The maximum absolute atomic E-state index is 11.9. The number of rotatable bonds is 4. The minimum Gasteiger partial charge on any atom is -0.349 e. The Hall–Kier alpha value is -1.85. The van der Waals surface area contributed by atoms with Gasteiger partial charge in [-0.3, -0.25) is 9.59 Å². The Morgan fingerprint density at radius 3 is 2.28 bits per heavy atom. The van der Waals surface area contributed by atoms with E-state index in [1.807, 2.05) is 0 Å². The van der Waals surface area contributed by atoms with Crippen LogP contribution < -0.4 is 5.32 Å². The molecule has 1 rings (SSSR count). The molecule has 1 amide bonds. The van der Waals surface area contributed by atoms with E-state index in [1.54, 1.807) is 37.3 Å². The normalized spacial score (nSPS) is 12.9. The van der Waals surface area contributed by atoms with Crippen LogP contribution in [0.15, 0.2) is 30.3 Å². The fourth-order valence-electron chi connectivity index (χ4n) is 1.36. The van der Waals surface area contributed by atoms with E-state index in [1.165, 1.54) is 0 Å². The van der Waals surface area contributed by atoms with Crippen LogP contribution in [-0.4, -0.2) is 17.9 Å². The fourth-order valence-corrected chi connectivity index (χ4v) is 1.36. The number of halogens is 3. The summed E-state index contributed by atoms with van der Waals surface area (Å²) < 4.78 is 35.8. The molecule has 0 saturated carbocycles. The monoisotopic (exact) mass is 259 g/mol. The second-order valence-electron chi connectivity index (χ2n) is 3.80. The van der Waals surface area contributed by atoms with Gasteiger partial charge in [-0.2, -0.15) is 13.2 Å². The molecular weight excluding hydrogens is 247 g/mol. The van der Waals surface area contributed by atoms with E-state index >= 15 is 0 Å². The Morgan fingerprint density at radius 1 is 1.22 bits per heavy atom. The minimum atomic E-state index is -4.96. The van der Waals surface area contributed by atoms with Crippen molar-refractivity contribution in [2.24, 2.45) is 0 Å². The molecule has 0 aliphatic carbocycles. The molecular formula is C12H12F3NO2. The highest BCUT2D eigenvalue weighted by atomic mass is 19.4. The largest absolute Gasteiger partial charge is 0.450 e. The van der Waals surface area contributed by atoms with Gasteiger partial charge in [0.2, 0.25) is 11.7 Å². The van der Waals surface area contributed by atoms with Crippen LogP contribution in [0.3, 0.4) is 0 Å². The topological polar surface area (TPSA) is 46.2 Å².